The van der Waals surface area contributed by atoms with Crippen LogP contribution in [0.4, 0.5) is 0 Å². The van der Waals surface area contributed by atoms with Gasteiger partial charge in [-0.1, -0.05) is 30.3 Å². The summed E-state index contributed by atoms with van der Waals surface area (Å²) in [4.78, 5) is 0. The molecule has 1 radical (unpaired) electrons. The van der Waals surface area contributed by atoms with E-state index < -0.39 is 0 Å². The van der Waals surface area contributed by atoms with Crippen LogP contribution in [0.15, 0.2) is 30.3 Å². The van der Waals surface area contributed by atoms with Crippen molar-refractivity contribution in [2.45, 2.75) is 6.92 Å². The summed E-state index contributed by atoms with van der Waals surface area (Å²) in [5.74, 6) is 0. The van der Waals surface area contributed by atoms with Gasteiger partial charge in [-0.05, 0) is 6.92 Å². The van der Waals surface area contributed by atoms with E-state index in [9.17, 15) is 0 Å². The van der Waals surface area contributed by atoms with E-state index in [0.717, 1.165) is 16.8 Å². The first-order chi connectivity index (χ1) is 5.88. The second-order valence-electron chi connectivity index (χ2n) is 2.69. The van der Waals surface area contributed by atoms with Crippen molar-refractivity contribution in [2.24, 2.45) is 0 Å². The van der Waals surface area contributed by atoms with Crippen molar-refractivity contribution < 1.29 is 0 Å². The Morgan fingerprint density at radius 3 is 2.58 bits per heavy atom. The molecule has 2 aromatic rings. The summed E-state index contributed by atoms with van der Waals surface area (Å²) in [5.41, 5.74) is 3.17. The van der Waals surface area contributed by atoms with Crippen molar-refractivity contribution in [1.29, 1.82) is 0 Å². The van der Waals surface area contributed by atoms with Gasteiger partial charge in [-0.25, -0.2) is 0 Å². The molecule has 0 aliphatic heterocycles. The Balaban J connectivity index is 2.51. The van der Waals surface area contributed by atoms with E-state index in [1.54, 1.807) is 0 Å². The van der Waals surface area contributed by atoms with Gasteiger partial charge in [0.2, 0.25) is 0 Å². The molecule has 0 aliphatic carbocycles. The van der Waals surface area contributed by atoms with Crippen molar-refractivity contribution in [1.82, 2.24) is 10.2 Å². The number of aryl methyl sites for hydroxylation is 1. The zero-order valence-corrected chi connectivity index (χ0v) is 6.83. The quantitative estimate of drug-likeness (QED) is 0.675. The van der Waals surface area contributed by atoms with Crippen LogP contribution >= 0.6 is 0 Å². The molecule has 0 unspecified atom stereocenters. The van der Waals surface area contributed by atoms with Crippen LogP contribution < -0.4 is 0 Å². The Labute approximate surface area is 71.3 Å². The minimum absolute atomic E-state index is 0.982. The third-order valence-electron chi connectivity index (χ3n) is 1.81. The summed E-state index contributed by atoms with van der Waals surface area (Å²) >= 11 is 0. The standard InChI is InChI=1S/C10H9N2/c1-8-7-11-12-10(8)9-5-3-2-4-6-9/h2-6H,1H3,(H,11,12). The predicted octanol–water partition coefficient (Wildman–Crippen LogP) is 2.19. The van der Waals surface area contributed by atoms with E-state index in [-0.39, 0.29) is 0 Å². The lowest BCUT2D eigenvalue weighted by Gasteiger charge is -1.95. The first-order valence-electron chi connectivity index (χ1n) is 3.86. The molecule has 0 amide bonds. The van der Waals surface area contributed by atoms with Crippen LogP contribution in [0.3, 0.4) is 0 Å². The number of hydrogen-bond acceptors (Lipinski definition) is 1. The number of rotatable bonds is 1. The van der Waals surface area contributed by atoms with Gasteiger partial charge in [0.05, 0.1) is 11.9 Å². The van der Waals surface area contributed by atoms with Crippen LogP contribution in [-0.4, -0.2) is 10.2 Å². The molecular formula is C10H9N2. The highest BCUT2D eigenvalue weighted by Gasteiger charge is 2.02. The molecule has 0 saturated carbocycles. The first-order valence-corrected chi connectivity index (χ1v) is 3.86. The number of H-pyrrole nitrogens is 1. The number of nitrogens with zero attached hydrogens (tertiary/aromatic N) is 1. The zero-order valence-electron chi connectivity index (χ0n) is 6.83. The molecule has 1 N–H and O–H groups in total. The Bertz CT molecular complexity index is 362. The third kappa shape index (κ3) is 1.11. The number of hydrogen-bond donors (Lipinski definition) is 1. The lowest BCUT2D eigenvalue weighted by Crippen LogP contribution is -1.78. The van der Waals surface area contributed by atoms with Crippen LogP contribution in [0.25, 0.3) is 11.3 Å². The molecular weight excluding hydrogens is 148 g/mol. The first kappa shape index (κ1) is 7.10. The number of aromatic nitrogens is 2. The zero-order chi connectivity index (χ0) is 8.39. The van der Waals surface area contributed by atoms with Gasteiger partial charge in [-0.2, -0.15) is 5.10 Å². The van der Waals surface area contributed by atoms with E-state index in [1.165, 1.54) is 0 Å². The molecule has 59 valence electrons. The minimum Gasteiger partial charge on any atom is -0.275 e. The molecule has 0 aliphatic rings. The predicted molar refractivity (Wildman–Crippen MR) is 47.6 cm³/mol. The van der Waals surface area contributed by atoms with Crippen LogP contribution in [-0.2, 0) is 0 Å². The van der Waals surface area contributed by atoms with Gasteiger partial charge in [-0.3, -0.25) is 5.10 Å². The average Bonchev–Trinajstić information content (AvgIpc) is 2.53. The molecule has 12 heavy (non-hydrogen) atoms. The van der Waals surface area contributed by atoms with Gasteiger partial charge < -0.3 is 0 Å². The van der Waals surface area contributed by atoms with Crippen LogP contribution in [0.2, 0.25) is 0 Å². The Hall–Kier alpha value is -1.57. The fourth-order valence-corrected chi connectivity index (χ4v) is 1.19. The van der Waals surface area contributed by atoms with Crippen LogP contribution in [0.1, 0.15) is 5.56 Å². The van der Waals surface area contributed by atoms with E-state index in [0.29, 0.717) is 0 Å². The van der Waals surface area contributed by atoms with Gasteiger partial charge in [0.15, 0.2) is 0 Å². The lowest BCUT2D eigenvalue weighted by molar-refractivity contribution is 1.09. The Kier molecular flexibility index (Phi) is 1.67. The Morgan fingerprint density at radius 2 is 2.00 bits per heavy atom. The maximum Gasteiger partial charge on any atom is 0.0956 e. The van der Waals surface area contributed by atoms with Crippen molar-refractivity contribution in [3.05, 3.63) is 42.1 Å². The van der Waals surface area contributed by atoms with Gasteiger partial charge in [0.25, 0.3) is 0 Å². The summed E-state index contributed by atoms with van der Waals surface area (Å²) in [5, 5.41) is 6.83. The highest BCUT2D eigenvalue weighted by atomic mass is 15.1. The number of aromatic amines is 1. The van der Waals surface area contributed by atoms with Crippen molar-refractivity contribution in [3.8, 4) is 11.3 Å². The van der Waals surface area contributed by atoms with Gasteiger partial charge in [0, 0.05) is 11.1 Å². The van der Waals surface area contributed by atoms with Crippen molar-refractivity contribution in [3.63, 3.8) is 0 Å². The number of benzene rings is 1. The summed E-state index contributed by atoms with van der Waals surface area (Å²) in [6.07, 6.45) is 2.93. The molecule has 1 aromatic carbocycles. The Morgan fingerprint density at radius 1 is 1.25 bits per heavy atom. The molecule has 0 saturated heterocycles. The molecule has 0 atom stereocenters. The summed E-state index contributed by atoms with van der Waals surface area (Å²) in [6.45, 7) is 1.99. The monoisotopic (exact) mass is 157 g/mol. The molecule has 2 rings (SSSR count). The number of nitrogens with one attached hydrogen (secondary N) is 1. The maximum absolute atomic E-state index is 4.11. The van der Waals surface area contributed by atoms with E-state index in [1.807, 2.05) is 37.3 Å². The van der Waals surface area contributed by atoms with Crippen LogP contribution in [0, 0.1) is 13.1 Å². The van der Waals surface area contributed by atoms with E-state index in [4.69, 9.17) is 0 Å². The molecule has 0 bridgehead atoms. The lowest BCUT2D eigenvalue weighted by atomic mass is 10.1. The molecule has 1 heterocycles. The largest absolute Gasteiger partial charge is 0.275 e. The second-order valence-corrected chi connectivity index (χ2v) is 2.69. The molecule has 0 fully saturated rings. The van der Waals surface area contributed by atoms with Crippen molar-refractivity contribution >= 4 is 0 Å². The highest BCUT2D eigenvalue weighted by molar-refractivity contribution is 5.61. The maximum atomic E-state index is 4.11. The summed E-state index contributed by atoms with van der Waals surface area (Å²) in [6, 6.07) is 10.1. The third-order valence-corrected chi connectivity index (χ3v) is 1.81. The fraction of sp³-hybridized carbons (Fsp3) is 0.100. The summed E-state index contributed by atoms with van der Waals surface area (Å²) in [7, 11) is 0. The smallest absolute Gasteiger partial charge is 0.0956 e. The molecule has 2 heteroatoms. The average molecular weight is 157 g/mol. The second kappa shape index (κ2) is 2.81. The molecule has 2 nitrogen and oxygen atoms in total. The SMILES string of the molecule is Cc1[c][nH]nc1-c1ccccc1. The highest BCUT2D eigenvalue weighted by Crippen LogP contribution is 2.18. The van der Waals surface area contributed by atoms with E-state index in [2.05, 4.69) is 16.4 Å². The summed E-state index contributed by atoms with van der Waals surface area (Å²) < 4.78 is 0. The van der Waals surface area contributed by atoms with Gasteiger partial charge in [0.1, 0.15) is 0 Å². The van der Waals surface area contributed by atoms with Gasteiger partial charge in [-0.15, -0.1) is 0 Å². The van der Waals surface area contributed by atoms with Crippen molar-refractivity contribution in [2.75, 3.05) is 0 Å². The van der Waals surface area contributed by atoms with Gasteiger partial charge >= 0.3 is 0 Å². The molecule has 1 aromatic heterocycles. The molecule has 0 spiro atoms. The topological polar surface area (TPSA) is 28.7 Å². The van der Waals surface area contributed by atoms with E-state index >= 15 is 0 Å². The normalized spacial score (nSPS) is 10.1. The fourth-order valence-electron chi connectivity index (χ4n) is 1.19. The van der Waals surface area contributed by atoms with Crippen LogP contribution in [0.5, 0.6) is 0 Å². The minimum atomic E-state index is 0.982.